The second-order valence-corrected chi connectivity index (χ2v) is 4.57. The van der Waals surface area contributed by atoms with Crippen molar-refractivity contribution in [3.63, 3.8) is 0 Å². The molecule has 0 atom stereocenters. The summed E-state index contributed by atoms with van der Waals surface area (Å²) in [5.41, 5.74) is 1.18. The molecule has 1 saturated heterocycles. The van der Waals surface area contributed by atoms with Crippen LogP contribution in [-0.2, 0) is 0 Å². The molecule has 0 spiro atoms. The molecule has 1 fully saturated rings. The summed E-state index contributed by atoms with van der Waals surface area (Å²) in [6.45, 7) is 1.90. The minimum atomic E-state index is -0.878. The van der Waals surface area contributed by atoms with Crippen molar-refractivity contribution < 1.29 is 9.90 Å². The van der Waals surface area contributed by atoms with Gasteiger partial charge in [0.25, 0.3) is 0 Å². The molecule has 86 valence electrons. The highest BCUT2D eigenvalue weighted by Crippen LogP contribution is 2.26. The van der Waals surface area contributed by atoms with Gasteiger partial charge in [0.1, 0.15) is 0 Å². The second-order valence-electron chi connectivity index (χ2n) is 4.05. The monoisotopic (exact) mass is 237 g/mol. The maximum absolute atomic E-state index is 11.2. The van der Waals surface area contributed by atoms with Crippen LogP contribution in [0.4, 0.5) is 5.69 Å². The van der Waals surface area contributed by atoms with Crippen molar-refractivity contribution in [1.29, 1.82) is 0 Å². The number of thiol groups is 1. The van der Waals surface area contributed by atoms with Gasteiger partial charge in [0.2, 0.25) is 0 Å². The lowest BCUT2D eigenvalue weighted by Gasteiger charge is -2.30. The number of hydrogen-bond donors (Lipinski definition) is 2. The molecule has 0 saturated carbocycles. The van der Waals surface area contributed by atoms with E-state index in [1.165, 1.54) is 6.42 Å². The Morgan fingerprint density at radius 2 is 1.94 bits per heavy atom. The van der Waals surface area contributed by atoms with Gasteiger partial charge in [-0.25, -0.2) is 4.79 Å². The van der Waals surface area contributed by atoms with E-state index in [0.29, 0.717) is 10.5 Å². The van der Waals surface area contributed by atoms with Gasteiger partial charge in [0, 0.05) is 18.0 Å². The molecule has 1 aliphatic rings. The van der Waals surface area contributed by atoms with Gasteiger partial charge in [-0.05, 0) is 37.5 Å². The maximum Gasteiger partial charge on any atom is 0.337 e. The number of carboxylic acids is 1. The first-order valence-electron chi connectivity index (χ1n) is 5.50. The first-order chi connectivity index (χ1) is 7.68. The molecule has 0 amide bonds. The van der Waals surface area contributed by atoms with E-state index in [-0.39, 0.29) is 0 Å². The molecule has 0 aliphatic carbocycles. The zero-order valence-corrected chi connectivity index (χ0v) is 9.91. The molecule has 1 aromatic rings. The summed E-state index contributed by atoms with van der Waals surface area (Å²) < 4.78 is 0. The summed E-state index contributed by atoms with van der Waals surface area (Å²) in [4.78, 5) is 14.0. The highest BCUT2D eigenvalue weighted by Gasteiger charge is 2.17. The molecule has 1 heterocycles. The zero-order chi connectivity index (χ0) is 11.5. The van der Waals surface area contributed by atoms with Gasteiger partial charge in [0.05, 0.1) is 11.3 Å². The van der Waals surface area contributed by atoms with Gasteiger partial charge in [-0.1, -0.05) is 0 Å². The Morgan fingerprint density at radius 1 is 1.25 bits per heavy atom. The normalized spacial score (nSPS) is 16.2. The number of rotatable bonds is 2. The molecule has 0 aromatic heterocycles. The van der Waals surface area contributed by atoms with Crippen LogP contribution in [0.15, 0.2) is 23.1 Å². The van der Waals surface area contributed by atoms with Crippen LogP contribution in [0.5, 0.6) is 0 Å². The molecule has 0 radical (unpaired) electrons. The van der Waals surface area contributed by atoms with Gasteiger partial charge in [0.15, 0.2) is 0 Å². The van der Waals surface area contributed by atoms with E-state index in [4.69, 9.17) is 5.11 Å². The first kappa shape index (κ1) is 11.3. The smallest absolute Gasteiger partial charge is 0.337 e. The minimum absolute atomic E-state index is 0.356. The zero-order valence-electron chi connectivity index (χ0n) is 9.02. The lowest BCUT2D eigenvalue weighted by atomic mass is 10.1. The Hall–Kier alpha value is -1.16. The van der Waals surface area contributed by atoms with E-state index in [1.54, 1.807) is 6.07 Å². The molecule has 4 heteroatoms. The van der Waals surface area contributed by atoms with Crippen LogP contribution in [0.1, 0.15) is 29.6 Å². The number of piperidine rings is 1. The average molecular weight is 237 g/mol. The third kappa shape index (κ3) is 2.32. The number of aromatic carboxylic acids is 1. The molecule has 1 aromatic carbocycles. The van der Waals surface area contributed by atoms with Crippen LogP contribution in [0.2, 0.25) is 0 Å². The Bertz CT molecular complexity index is 400. The fraction of sp³-hybridized carbons (Fsp3) is 0.417. The summed E-state index contributed by atoms with van der Waals surface area (Å²) in [5, 5.41) is 9.16. The van der Waals surface area contributed by atoms with Crippen molar-refractivity contribution in [2.75, 3.05) is 18.0 Å². The lowest BCUT2D eigenvalue weighted by Crippen LogP contribution is -2.30. The Kier molecular flexibility index (Phi) is 3.39. The molecular weight excluding hydrogens is 222 g/mol. The molecule has 0 bridgehead atoms. The van der Waals surface area contributed by atoms with Gasteiger partial charge in [-0.3, -0.25) is 0 Å². The molecular formula is C12H15NO2S. The van der Waals surface area contributed by atoms with Gasteiger partial charge >= 0.3 is 5.97 Å². The van der Waals surface area contributed by atoms with Gasteiger partial charge in [-0.2, -0.15) is 0 Å². The number of hydrogen-bond acceptors (Lipinski definition) is 3. The topological polar surface area (TPSA) is 40.5 Å². The van der Waals surface area contributed by atoms with Crippen molar-refractivity contribution in [3.8, 4) is 0 Å². The predicted octanol–water partition coefficient (Wildman–Crippen LogP) is 2.66. The number of benzene rings is 1. The molecule has 1 N–H and O–H groups in total. The largest absolute Gasteiger partial charge is 0.478 e. The van der Waals surface area contributed by atoms with Crippen molar-refractivity contribution in [3.05, 3.63) is 23.8 Å². The number of carboxylic acid groups (broad SMARTS) is 1. The fourth-order valence-electron chi connectivity index (χ4n) is 2.11. The van der Waals surface area contributed by atoms with Crippen LogP contribution in [-0.4, -0.2) is 24.2 Å². The standard InChI is InChI=1S/C12H15NO2S/c14-12(15)10-8-9(16)4-5-11(10)13-6-2-1-3-7-13/h4-5,8,16H,1-3,6-7H2,(H,14,15). The Labute approximate surface area is 100 Å². The van der Waals surface area contributed by atoms with E-state index in [2.05, 4.69) is 17.5 Å². The maximum atomic E-state index is 11.2. The SMILES string of the molecule is O=C(O)c1cc(S)ccc1N1CCCCC1. The average Bonchev–Trinajstić information content (AvgIpc) is 2.30. The highest BCUT2D eigenvalue weighted by molar-refractivity contribution is 7.80. The van der Waals surface area contributed by atoms with E-state index in [9.17, 15) is 4.79 Å². The summed E-state index contributed by atoms with van der Waals surface area (Å²) in [6.07, 6.45) is 3.52. The van der Waals surface area contributed by atoms with Gasteiger partial charge in [-0.15, -0.1) is 12.6 Å². The molecule has 3 nitrogen and oxygen atoms in total. The van der Waals surface area contributed by atoms with E-state index < -0.39 is 5.97 Å². The minimum Gasteiger partial charge on any atom is -0.478 e. The quantitative estimate of drug-likeness (QED) is 0.777. The molecule has 0 unspecified atom stereocenters. The number of carbonyl (C=O) groups is 1. The number of nitrogens with zero attached hydrogens (tertiary/aromatic N) is 1. The van der Waals surface area contributed by atoms with Gasteiger partial charge < -0.3 is 10.0 Å². The molecule has 2 rings (SSSR count). The van der Waals surface area contributed by atoms with E-state index >= 15 is 0 Å². The second kappa shape index (κ2) is 4.78. The fourth-order valence-corrected chi connectivity index (χ4v) is 2.31. The van der Waals surface area contributed by atoms with Crippen LogP contribution < -0.4 is 4.90 Å². The summed E-state index contributed by atoms with van der Waals surface area (Å²) in [7, 11) is 0. The van der Waals surface area contributed by atoms with E-state index in [1.807, 2.05) is 12.1 Å². The summed E-state index contributed by atoms with van der Waals surface area (Å²) in [5.74, 6) is -0.878. The Balaban J connectivity index is 2.34. The van der Waals surface area contributed by atoms with Crippen molar-refractivity contribution in [2.45, 2.75) is 24.2 Å². The third-order valence-corrected chi connectivity index (χ3v) is 3.19. The van der Waals surface area contributed by atoms with Crippen LogP contribution in [0, 0.1) is 0 Å². The highest BCUT2D eigenvalue weighted by atomic mass is 32.1. The Morgan fingerprint density at radius 3 is 2.56 bits per heavy atom. The summed E-state index contributed by atoms with van der Waals surface area (Å²) in [6, 6.07) is 5.33. The van der Waals surface area contributed by atoms with Crippen molar-refractivity contribution in [1.82, 2.24) is 0 Å². The molecule has 1 aliphatic heterocycles. The van der Waals surface area contributed by atoms with Crippen LogP contribution in [0.25, 0.3) is 0 Å². The van der Waals surface area contributed by atoms with Crippen molar-refractivity contribution >= 4 is 24.3 Å². The van der Waals surface area contributed by atoms with Crippen molar-refractivity contribution in [2.24, 2.45) is 0 Å². The third-order valence-electron chi connectivity index (χ3n) is 2.91. The van der Waals surface area contributed by atoms with E-state index in [0.717, 1.165) is 31.6 Å². The number of anilines is 1. The molecule has 16 heavy (non-hydrogen) atoms. The van der Waals surface area contributed by atoms with Crippen LogP contribution in [0.3, 0.4) is 0 Å². The predicted molar refractivity (Wildman–Crippen MR) is 66.7 cm³/mol. The van der Waals surface area contributed by atoms with Crippen LogP contribution >= 0.6 is 12.6 Å². The lowest BCUT2D eigenvalue weighted by molar-refractivity contribution is 0.0697. The summed E-state index contributed by atoms with van der Waals surface area (Å²) >= 11 is 4.18. The first-order valence-corrected chi connectivity index (χ1v) is 5.94.